The second-order valence-corrected chi connectivity index (χ2v) is 6.11. The third-order valence-corrected chi connectivity index (χ3v) is 3.88. The fraction of sp³-hybridized carbons (Fsp3) is 0.688. The first-order chi connectivity index (χ1) is 9.08. The summed E-state index contributed by atoms with van der Waals surface area (Å²) >= 11 is 0. The first-order valence-electron chi connectivity index (χ1n) is 7.46. The van der Waals surface area contributed by atoms with E-state index in [-0.39, 0.29) is 0 Å². The lowest BCUT2D eigenvalue weighted by molar-refractivity contribution is 0.123. The van der Waals surface area contributed by atoms with E-state index < -0.39 is 0 Å². The van der Waals surface area contributed by atoms with Crippen LogP contribution in [0.1, 0.15) is 63.6 Å². The van der Waals surface area contributed by atoms with Crippen molar-refractivity contribution in [2.75, 3.05) is 0 Å². The van der Waals surface area contributed by atoms with Crippen LogP contribution in [0.15, 0.2) is 12.1 Å². The number of aromatic nitrogens is 1. The van der Waals surface area contributed by atoms with E-state index in [0.29, 0.717) is 18.6 Å². The van der Waals surface area contributed by atoms with Crippen molar-refractivity contribution < 1.29 is 4.74 Å². The van der Waals surface area contributed by atoms with Crippen LogP contribution < -0.4 is 10.5 Å². The number of hydrogen-bond acceptors (Lipinski definition) is 3. The van der Waals surface area contributed by atoms with Gasteiger partial charge in [0, 0.05) is 18.3 Å². The molecule has 1 aromatic rings. The monoisotopic (exact) mass is 262 g/mol. The molecule has 1 heterocycles. The Labute approximate surface area is 116 Å². The average Bonchev–Trinajstić information content (AvgIpc) is 2.38. The van der Waals surface area contributed by atoms with Crippen LogP contribution >= 0.6 is 0 Å². The number of nitrogens with zero attached hydrogens (tertiary/aromatic N) is 1. The molecule has 0 aromatic carbocycles. The molecule has 1 aliphatic rings. The van der Waals surface area contributed by atoms with Gasteiger partial charge in [-0.15, -0.1) is 0 Å². The van der Waals surface area contributed by atoms with E-state index in [0.717, 1.165) is 35.9 Å². The number of ether oxygens (including phenoxy) is 1. The molecule has 0 saturated heterocycles. The van der Waals surface area contributed by atoms with Gasteiger partial charge in [-0.25, -0.2) is 4.98 Å². The molecule has 0 bridgehead atoms. The van der Waals surface area contributed by atoms with Gasteiger partial charge in [0.1, 0.15) is 6.10 Å². The third kappa shape index (κ3) is 3.93. The number of hydrogen-bond donors (Lipinski definition) is 1. The molecule has 0 amide bonds. The highest BCUT2D eigenvalue weighted by Gasteiger charge is 2.21. The van der Waals surface area contributed by atoms with Gasteiger partial charge >= 0.3 is 0 Å². The predicted octanol–water partition coefficient (Wildman–Crippen LogP) is 3.62. The number of pyridine rings is 1. The molecule has 1 saturated carbocycles. The Morgan fingerprint density at radius 1 is 1.37 bits per heavy atom. The summed E-state index contributed by atoms with van der Waals surface area (Å²) in [6.07, 6.45) is 5.21. The van der Waals surface area contributed by atoms with Gasteiger partial charge in [-0.1, -0.05) is 27.2 Å². The molecule has 3 nitrogen and oxygen atoms in total. The molecular weight excluding hydrogens is 236 g/mol. The van der Waals surface area contributed by atoms with Crippen molar-refractivity contribution in [2.45, 2.75) is 65.0 Å². The smallest absolute Gasteiger partial charge is 0.214 e. The van der Waals surface area contributed by atoms with Crippen molar-refractivity contribution in [3.05, 3.63) is 23.4 Å². The number of nitrogens with two attached hydrogens (primary N) is 1. The van der Waals surface area contributed by atoms with Gasteiger partial charge in [0.15, 0.2) is 0 Å². The summed E-state index contributed by atoms with van der Waals surface area (Å²) in [5.41, 5.74) is 7.94. The van der Waals surface area contributed by atoms with Gasteiger partial charge in [-0.2, -0.15) is 0 Å². The molecule has 0 aliphatic heterocycles. The van der Waals surface area contributed by atoms with Crippen molar-refractivity contribution >= 4 is 0 Å². The summed E-state index contributed by atoms with van der Waals surface area (Å²) in [6, 6.07) is 4.08. The van der Waals surface area contributed by atoms with Gasteiger partial charge in [-0.3, -0.25) is 0 Å². The van der Waals surface area contributed by atoms with E-state index in [1.165, 1.54) is 12.8 Å². The van der Waals surface area contributed by atoms with E-state index in [2.05, 4.69) is 31.8 Å². The van der Waals surface area contributed by atoms with Crippen LogP contribution in [0.3, 0.4) is 0 Å². The highest BCUT2D eigenvalue weighted by molar-refractivity contribution is 5.26. The molecular formula is C16H26N2O. The Bertz CT molecular complexity index is 417. The van der Waals surface area contributed by atoms with E-state index in [9.17, 15) is 0 Å². The first-order valence-corrected chi connectivity index (χ1v) is 7.46. The minimum Gasteiger partial charge on any atom is -0.474 e. The van der Waals surface area contributed by atoms with Gasteiger partial charge < -0.3 is 10.5 Å². The quantitative estimate of drug-likeness (QED) is 0.901. The summed E-state index contributed by atoms with van der Waals surface area (Å²) in [4.78, 5) is 4.62. The van der Waals surface area contributed by atoms with E-state index in [1.54, 1.807) is 0 Å². The van der Waals surface area contributed by atoms with Crippen molar-refractivity contribution in [1.82, 2.24) is 4.98 Å². The van der Waals surface area contributed by atoms with E-state index in [4.69, 9.17) is 10.5 Å². The van der Waals surface area contributed by atoms with Gasteiger partial charge in [0.25, 0.3) is 0 Å². The lowest BCUT2D eigenvalue weighted by atomic mass is 9.89. The fourth-order valence-electron chi connectivity index (χ4n) is 2.71. The Hall–Kier alpha value is -1.09. The standard InChI is InChI=1S/C16H26N2O/c1-11(2)15-8-13(10-17)9-16(18-15)19-14-6-4-5-12(3)7-14/h8-9,11-12,14H,4-7,10,17H2,1-3H3. The van der Waals surface area contributed by atoms with Crippen molar-refractivity contribution in [2.24, 2.45) is 11.7 Å². The highest BCUT2D eigenvalue weighted by Crippen LogP contribution is 2.28. The fourth-order valence-corrected chi connectivity index (χ4v) is 2.71. The van der Waals surface area contributed by atoms with Crippen molar-refractivity contribution in [1.29, 1.82) is 0 Å². The summed E-state index contributed by atoms with van der Waals surface area (Å²) in [6.45, 7) is 7.14. The molecule has 1 aliphatic carbocycles. The van der Waals surface area contributed by atoms with Crippen LogP contribution in [-0.4, -0.2) is 11.1 Å². The average molecular weight is 262 g/mol. The molecule has 1 aromatic heterocycles. The van der Waals surface area contributed by atoms with Crippen LogP contribution in [0.5, 0.6) is 5.88 Å². The summed E-state index contributed by atoms with van der Waals surface area (Å²) < 4.78 is 6.09. The van der Waals surface area contributed by atoms with Crippen LogP contribution in [-0.2, 0) is 6.54 Å². The normalized spacial score (nSPS) is 23.6. The Balaban J connectivity index is 2.12. The summed E-state index contributed by atoms with van der Waals surface area (Å²) in [5, 5.41) is 0. The van der Waals surface area contributed by atoms with E-state index >= 15 is 0 Å². The van der Waals surface area contributed by atoms with Gasteiger partial charge in [0.05, 0.1) is 0 Å². The Morgan fingerprint density at radius 3 is 2.79 bits per heavy atom. The number of rotatable bonds is 4. The maximum absolute atomic E-state index is 6.09. The third-order valence-electron chi connectivity index (χ3n) is 3.88. The highest BCUT2D eigenvalue weighted by atomic mass is 16.5. The molecule has 0 spiro atoms. The van der Waals surface area contributed by atoms with Gasteiger partial charge in [0.2, 0.25) is 5.88 Å². The van der Waals surface area contributed by atoms with Gasteiger partial charge in [-0.05, 0) is 42.7 Å². The lowest BCUT2D eigenvalue weighted by Crippen LogP contribution is -2.24. The minimum atomic E-state index is 0.323. The molecule has 2 unspecified atom stereocenters. The van der Waals surface area contributed by atoms with Crippen LogP contribution in [0.4, 0.5) is 0 Å². The van der Waals surface area contributed by atoms with Crippen LogP contribution in [0, 0.1) is 5.92 Å². The topological polar surface area (TPSA) is 48.1 Å². The molecule has 0 radical (unpaired) electrons. The molecule has 19 heavy (non-hydrogen) atoms. The molecule has 3 heteroatoms. The zero-order valence-corrected chi connectivity index (χ0v) is 12.4. The molecule has 2 atom stereocenters. The molecule has 2 rings (SSSR count). The summed E-state index contributed by atoms with van der Waals surface area (Å²) in [5.74, 6) is 1.92. The minimum absolute atomic E-state index is 0.323. The second-order valence-electron chi connectivity index (χ2n) is 6.11. The van der Waals surface area contributed by atoms with E-state index in [1.807, 2.05) is 6.07 Å². The molecule has 106 valence electrons. The van der Waals surface area contributed by atoms with Crippen LogP contribution in [0.2, 0.25) is 0 Å². The van der Waals surface area contributed by atoms with Crippen molar-refractivity contribution in [3.63, 3.8) is 0 Å². The van der Waals surface area contributed by atoms with Crippen molar-refractivity contribution in [3.8, 4) is 5.88 Å². The Morgan fingerprint density at radius 2 is 2.16 bits per heavy atom. The maximum atomic E-state index is 6.09. The van der Waals surface area contributed by atoms with Crippen LogP contribution in [0.25, 0.3) is 0 Å². The summed E-state index contributed by atoms with van der Waals surface area (Å²) in [7, 11) is 0. The SMILES string of the molecule is CC1CCCC(Oc2cc(CN)cc(C(C)C)n2)C1. The lowest BCUT2D eigenvalue weighted by Gasteiger charge is -2.27. The first kappa shape index (κ1) is 14.3. The largest absolute Gasteiger partial charge is 0.474 e. The zero-order valence-electron chi connectivity index (χ0n) is 12.4. The predicted molar refractivity (Wildman–Crippen MR) is 78.3 cm³/mol. The molecule has 2 N–H and O–H groups in total. The second kappa shape index (κ2) is 6.38. The zero-order chi connectivity index (χ0) is 13.8. The maximum Gasteiger partial charge on any atom is 0.214 e. The molecule has 1 fully saturated rings. The Kier molecular flexibility index (Phi) is 4.81.